The molecule has 2 aromatic rings. The molecule has 2 fully saturated rings. The molecule has 2 heterocycles. The minimum absolute atomic E-state index is 0.164. The van der Waals surface area contributed by atoms with Crippen molar-refractivity contribution in [3.8, 4) is 0 Å². The molecule has 2 aliphatic heterocycles. The number of nitrogen functional groups attached to an aromatic ring is 2. The summed E-state index contributed by atoms with van der Waals surface area (Å²) in [6, 6.07) is 7.51. The summed E-state index contributed by atoms with van der Waals surface area (Å²) in [5.41, 5.74) is 11.2. The molecule has 10 heteroatoms. The molecule has 4 nitrogen and oxygen atoms in total. The zero-order chi connectivity index (χ0) is 24.2. The molecule has 0 aliphatic carbocycles. The van der Waals surface area contributed by atoms with Crippen LogP contribution in [0.25, 0.3) is 0 Å². The van der Waals surface area contributed by atoms with Gasteiger partial charge in [0.2, 0.25) is 0 Å². The predicted octanol–water partition coefficient (Wildman–Crippen LogP) is 6.17. The standard InChI is InChI=1S/C12H15F3N2.C11H13F3N2/c13-12(14,15)9-6-10(16)8-11(7-9)17-4-2-1-3-5-17;12-11(13,14)8-5-9(15)7-10(6-8)16-3-1-2-4-16/h6-8H,1-5,16H2;5-7H,1-4,15H2. The lowest BCUT2D eigenvalue weighted by atomic mass is 10.1. The average Bonchev–Trinajstić information content (AvgIpc) is 3.28. The van der Waals surface area contributed by atoms with E-state index in [9.17, 15) is 26.3 Å². The molecule has 0 saturated carbocycles. The molecule has 4 rings (SSSR count). The Morgan fingerprint density at radius 3 is 1.18 bits per heavy atom. The first kappa shape index (κ1) is 24.9. The van der Waals surface area contributed by atoms with E-state index in [4.69, 9.17) is 11.5 Å². The fourth-order valence-corrected chi connectivity index (χ4v) is 4.09. The number of piperidine rings is 1. The zero-order valence-corrected chi connectivity index (χ0v) is 18.1. The van der Waals surface area contributed by atoms with Crippen molar-refractivity contribution in [3.63, 3.8) is 0 Å². The Morgan fingerprint density at radius 2 is 0.848 bits per heavy atom. The third-order valence-corrected chi connectivity index (χ3v) is 5.73. The highest BCUT2D eigenvalue weighted by atomic mass is 19.4. The van der Waals surface area contributed by atoms with Gasteiger partial charge in [0, 0.05) is 48.9 Å². The number of rotatable bonds is 2. The Morgan fingerprint density at radius 1 is 0.515 bits per heavy atom. The molecule has 2 saturated heterocycles. The first-order chi connectivity index (χ1) is 15.4. The molecule has 0 unspecified atom stereocenters. The molecule has 182 valence electrons. The van der Waals surface area contributed by atoms with Crippen molar-refractivity contribution < 1.29 is 26.3 Å². The number of hydrogen-bond donors (Lipinski definition) is 2. The summed E-state index contributed by atoms with van der Waals surface area (Å²) < 4.78 is 75.6. The lowest BCUT2D eigenvalue weighted by molar-refractivity contribution is -0.138. The van der Waals surface area contributed by atoms with Crippen molar-refractivity contribution in [2.75, 3.05) is 47.4 Å². The number of alkyl halides is 6. The lowest BCUT2D eigenvalue weighted by Gasteiger charge is -2.29. The molecule has 0 radical (unpaired) electrons. The minimum Gasteiger partial charge on any atom is -0.399 e. The third-order valence-electron chi connectivity index (χ3n) is 5.73. The van der Waals surface area contributed by atoms with Crippen LogP contribution >= 0.6 is 0 Å². The summed E-state index contributed by atoms with van der Waals surface area (Å²) in [6.07, 6.45) is -3.42. The van der Waals surface area contributed by atoms with Crippen molar-refractivity contribution in [1.82, 2.24) is 0 Å². The van der Waals surface area contributed by atoms with Crippen LogP contribution in [0.1, 0.15) is 43.2 Å². The van der Waals surface area contributed by atoms with Gasteiger partial charge in [-0.15, -0.1) is 0 Å². The third kappa shape index (κ3) is 6.85. The molecule has 0 spiro atoms. The first-order valence-corrected chi connectivity index (χ1v) is 10.9. The number of nitrogens with zero attached hydrogens (tertiary/aromatic N) is 2. The molecule has 0 amide bonds. The average molecular weight is 474 g/mol. The van der Waals surface area contributed by atoms with Gasteiger partial charge in [-0.1, -0.05) is 0 Å². The molecule has 0 atom stereocenters. The summed E-state index contributed by atoms with van der Waals surface area (Å²) in [7, 11) is 0. The van der Waals surface area contributed by atoms with Crippen LogP contribution in [-0.4, -0.2) is 26.2 Å². The highest BCUT2D eigenvalue weighted by molar-refractivity contribution is 5.60. The van der Waals surface area contributed by atoms with Crippen LogP contribution in [0.15, 0.2) is 36.4 Å². The van der Waals surface area contributed by atoms with E-state index in [0.29, 0.717) is 11.4 Å². The number of halogens is 6. The van der Waals surface area contributed by atoms with Crippen LogP contribution in [-0.2, 0) is 12.4 Å². The SMILES string of the molecule is Nc1cc(N2CCCC2)cc(C(F)(F)F)c1.Nc1cc(N2CCCCC2)cc(C(F)(F)F)c1. The van der Waals surface area contributed by atoms with E-state index in [0.717, 1.165) is 70.4 Å². The van der Waals surface area contributed by atoms with Gasteiger partial charge in [-0.25, -0.2) is 0 Å². The minimum atomic E-state index is -4.33. The molecule has 0 bridgehead atoms. The van der Waals surface area contributed by atoms with Gasteiger partial charge in [-0.05, 0) is 68.5 Å². The van der Waals surface area contributed by atoms with Crippen molar-refractivity contribution in [2.24, 2.45) is 0 Å². The van der Waals surface area contributed by atoms with Gasteiger partial charge in [-0.2, -0.15) is 26.3 Å². The molecule has 2 aliphatic rings. The highest BCUT2D eigenvalue weighted by Gasteiger charge is 2.32. The zero-order valence-electron chi connectivity index (χ0n) is 18.1. The van der Waals surface area contributed by atoms with Gasteiger partial charge < -0.3 is 21.3 Å². The predicted molar refractivity (Wildman–Crippen MR) is 119 cm³/mol. The number of benzene rings is 2. The Labute approximate surface area is 189 Å². The number of nitrogens with two attached hydrogens (primary N) is 2. The fraction of sp³-hybridized carbons (Fsp3) is 0.478. The molecule has 2 aromatic carbocycles. The highest BCUT2D eigenvalue weighted by Crippen LogP contribution is 2.35. The fourth-order valence-electron chi connectivity index (χ4n) is 4.09. The lowest BCUT2D eigenvalue weighted by Crippen LogP contribution is -2.29. The quantitative estimate of drug-likeness (QED) is 0.404. The monoisotopic (exact) mass is 474 g/mol. The maximum atomic E-state index is 12.6. The van der Waals surface area contributed by atoms with Crippen LogP contribution in [0.5, 0.6) is 0 Å². The largest absolute Gasteiger partial charge is 0.416 e. The van der Waals surface area contributed by atoms with E-state index >= 15 is 0 Å². The Kier molecular flexibility index (Phi) is 7.54. The molecular weight excluding hydrogens is 446 g/mol. The Bertz CT molecular complexity index is 930. The summed E-state index contributed by atoms with van der Waals surface area (Å²) in [6.45, 7) is 3.23. The van der Waals surface area contributed by atoms with E-state index in [1.54, 1.807) is 12.1 Å². The van der Waals surface area contributed by atoms with Gasteiger partial charge in [0.25, 0.3) is 0 Å². The normalized spacial score (nSPS) is 17.0. The molecular formula is C23H28F6N4. The van der Waals surface area contributed by atoms with E-state index in [1.165, 1.54) is 12.1 Å². The van der Waals surface area contributed by atoms with Gasteiger partial charge in [-0.3, -0.25) is 0 Å². The topological polar surface area (TPSA) is 58.5 Å². The second-order valence-corrected chi connectivity index (χ2v) is 8.36. The van der Waals surface area contributed by atoms with Crippen molar-refractivity contribution >= 4 is 22.7 Å². The van der Waals surface area contributed by atoms with Gasteiger partial charge in [0.05, 0.1) is 11.1 Å². The summed E-state index contributed by atoms with van der Waals surface area (Å²) in [5.74, 6) is 0. The summed E-state index contributed by atoms with van der Waals surface area (Å²) >= 11 is 0. The van der Waals surface area contributed by atoms with Crippen LogP contribution < -0.4 is 21.3 Å². The van der Waals surface area contributed by atoms with Gasteiger partial charge >= 0.3 is 12.4 Å². The first-order valence-electron chi connectivity index (χ1n) is 10.9. The van der Waals surface area contributed by atoms with Crippen molar-refractivity contribution in [1.29, 1.82) is 0 Å². The molecule has 4 N–H and O–H groups in total. The van der Waals surface area contributed by atoms with Gasteiger partial charge in [0.1, 0.15) is 0 Å². The molecule has 33 heavy (non-hydrogen) atoms. The Hall–Kier alpha value is -2.78. The van der Waals surface area contributed by atoms with E-state index in [-0.39, 0.29) is 11.4 Å². The van der Waals surface area contributed by atoms with Crippen molar-refractivity contribution in [3.05, 3.63) is 47.5 Å². The second kappa shape index (κ2) is 10.0. The Balaban J connectivity index is 0.000000186. The van der Waals surface area contributed by atoms with Gasteiger partial charge in [0.15, 0.2) is 0 Å². The van der Waals surface area contributed by atoms with E-state index < -0.39 is 23.5 Å². The second-order valence-electron chi connectivity index (χ2n) is 8.36. The van der Waals surface area contributed by atoms with E-state index in [1.807, 2.05) is 9.80 Å². The summed E-state index contributed by atoms with van der Waals surface area (Å²) in [5, 5.41) is 0. The number of anilines is 4. The van der Waals surface area contributed by atoms with E-state index in [2.05, 4.69) is 0 Å². The smallest absolute Gasteiger partial charge is 0.399 e. The summed E-state index contributed by atoms with van der Waals surface area (Å²) in [4.78, 5) is 3.90. The van der Waals surface area contributed by atoms with Crippen LogP contribution in [0.4, 0.5) is 49.1 Å². The maximum absolute atomic E-state index is 12.6. The maximum Gasteiger partial charge on any atom is 0.416 e. The van der Waals surface area contributed by atoms with Crippen LogP contribution in [0, 0.1) is 0 Å². The number of hydrogen-bond acceptors (Lipinski definition) is 4. The van der Waals surface area contributed by atoms with Crippen molar-refractivity contribution in [2.45, 2.75) is 44.5 Å². The van der Waals surface area contributed by atoms with Crippen LogP contribution in [0.3, 0.4) is 0 Å². The molecule has 0 aromatic heterocycles. The van der Waals surface area contributed by atoms with Crippen LogP contribution in [0.2, 0.25) is 0 Å².